The molecule has 0 bridgehead atoms. The van der Waals surface area contributed by atoms with Crippen molar-refractivity contribution < 1.29 is 9.84 Å². The van der Waals surface area contributed by atoms with Gasteiger partial charge in [-0.1, -0.05) is 12.1 Å². The van der Waals surface area contributed by atoms with E-state index in [1.54, 1.807) is 13.3 Å². The van der Waals surface area contributed by atoms with Crippen molar-refractivity contribution in [2.24, 2.45) is 0 Å². The van der Waals surface area contributed by atoms with Crippen molar-refractivity contribution in [2.75, 3.05) is 13.7 Å². The van der Waals surface area contributed by atoms with Gasteiger partial charge < -0.3 is 9.84 Å². The highest BCUT2D eigenvalue weighted by molar-refractivity contribution is 5.87. The third-order valence-electron chi connectivity index (χ3n) is 2.61. The predicted molar refractivity (Wildman–Crippen MR) is 63.7 cm³/mol. The summed E-state index contributed by atoms with van der Waals surface area (Å²) >= 11 is 0. The maximum absolute atomic E-state index is 8.80. The molecule has 16 heavy (non-hydrogen) atoms. The van der Waals surface area contributed by atoms with Gasteiger partial charge in [-0.3, -0.25) is 0 Å². The van der Waals surface area contributed by atoms with E-state index in [-0.39, 0.29) is 6.61 Å². The van der Waals surface area contributed by atoms with Crippen molar-refractivity contribution in [3.8, 4) is 5.88 Å². The molecule has 0 fully saturated rings. The Kier molecular flexibility index (Phi) is 3.37. The molecule has 0 radical (unpaired) electrons. The van der Waals surface area contributed by atoms with Crippen LogP contribution < -0.4 is 4.74 Å². The van der Waals surface area contributed by atoms with Crippen molar-refractivity contribution in [1.82, 2.24) is 4.98 Å². The number of pyridine rings is 1. The van der Waals surface area contributed by atoms with Gasteiger partial charge in [-0.2, -0.15) is 0 Å². The lowest BCUT2D eigenvalue weighted by Gasteiger charge is -2.06. The molecule has 1 aromatic heterocycles. The van der Waals surface area contributed by atoms with E-state index in [2.05, 4.69) is 23.2 Å². The largest absolute Gasteiger partial charge is 0.481 e. The van der Waals surface area contributed by atoms with Gasteiger partial charge in [0.1, 0.15) is 0 Å². The number of methoxy groups -OCH3 is 1. The average molecular weight is 217 g/mol. The van der Waals surface area contributed by atoms with Crippen LogP contribution in [0.3, 0.4) is 0 Å². The molecule has 0 spiro atoms. The van der Waals surface area contributed by atoms with Crippen LogP contribution in [0.1, 0.15) is 12.0 Å². The van der Waals surface area contributed by atoms with Crippen LogP contribution in [0, 0.1) is 0 Å². The summed E-state index contributed by atoms with van der Waals surface area (Å²) in [4.78, 5) is 4.18. The average Bonchev–Trinajstić information content (AvgIpc) is 2.35. The topological polar surface area (TPSA) is 42.4 Å². The van der Waals surface area contributed by atoms with Crippen LogP contribution in [0.25, 0.3) is 10.8 Å². The standard InChI is InChI=1S/C13H15NO2/c1-16-13-12-9-10(3-2-8-15)4-5-11(12)6-7-14-13/h4-7,9,15H,2-3,8H2,1H3. The summed E-state index contributed by atoms with van der Waals surface area (Å²) in [5.41, 5.74) is 1.20. The number of aliphatic hydroxyl groups excluding tert-OH is 1. The first kappa shape index (κ1) is 10.9. The summed E-state index contributed by atoms with van der Waals surface area (Å²) in [6, 6.07) is 8.19. The van der Waals surface area contributed by atoms with Gasteiger partial charge in [-0.05, 0) is 35.9 Å². The zero-order chi connectivity index (χ0) is 11.4. The van der Waals surface area contributed by atoms with Gasteiger partial charge >= 0.3 is 0 Å². The zero-order valence-corrected chi connectivity index (χ0v) is 9.31. The fourth-order valence-corrected chi connectivity index (χ4v) is 1.79. The minimum absolute atomic E-state index is 0.224. The van der Waals surface area contributed by atoms with Gasteiger partial charge in [0.05, 0.1) is 7.11 Å². The van der Waals surface area contributed by atoms with E-state index in [0.29, 0.717) is 5.88 Å². The molecule has 0 aliphatic heterocycles. The van der Waals surface area contributed by atoms with Crippen LogP contribution in [0.5, 0.6) is 5.88 Å². The van der Waals surface area contributed by atoms with Crippen molar-refractivity contribution in [2.45, 2.75) is 12.8 Å². The van der Waals surface area contributed by atoms with E-state index in [4.69, 9.17) is 9.84 Å². The summed E-state index contributed by atoms with van der Waals surface area (Å²) in [5.74, 6) is 0.656. The Morgan fingerprint density at radius 3 is 2.94 bits per heavy atom. The molecule has 1 heterocycles. The number of nitrogens with zero attached hydrogens (tertiary/aromatic N) is 1. The highest BCUT2D eigenvalue weighted by Gasteiger charge is 2.03. The Morgan fingerprint density at radius 2 is 2.19 bits per heavy atom. The lowest BCUT2D eigenvalue weighted by molar-refractivity contribution is 0.288. The molecule has 0 aliphatic carbocycles. The molecular weight excluding hydrogens is 202 g/mol. The number of hydrogen-bond donors (Lipinski definition) is 1. The number of hydrogen-bond acceptors (Lipinski definition) is 3. The highest BCUT2D eigenvalue weighted by Crippen LogP contribution is 2.24. The Morgan fingerprint density at radius 1 is 1.31 bits per heavy atom. The molecule has 84 valence electrons. The molecule has 0 saturated carbocycles. The number of rotatable bonds is 4. The van der Waals surface area contributed by atoms with Gasteiger partial charge in [0.25, 0.3) is 0 Å². The molecule has 0 amide bonds. The molecule has 0 atom stereocenters. The van der Waals surface area contributed by atoms with Gasteiger partial charge in [-0.25, -0.2) is 4.98 Å². The van der Waals surface area contributed by atoms with E-state index in [9.17, 15) is 0 Å². The van der Waals surface area contributed by atoms with E-state index in [1.165, 1.54) is 5.56 Å². The molecule has 2 rings (SSSR count). The Bertz CT molecular complexity index is 482. The molecular formula is C13H15NO2. The second kappa shape index (κ2) is 4.94. The van der Waals surface area contributed by atoms with Crippen molar-refractivity contribution >= 4 is 10.8 Å². The number of benzene rings is 1. The lowest BCUT2D eigenvalue weighted by atomic mass is 10.1. The highest BCUT2D eigenvalue weighted by atomic mass is 16.5. The number of fused-ring (bicyclic) bond motifs is 1. The van der Waals surface area contributed by atoms with Crippen LogP contribution in [-0.4, -0.2) is 23.8 Å². The van der Waals surface area contributed by atoms with Crippen LogP contribution in [0.15, 0.2) is 30.5 Å². The second-order valence-corrected chi connectivity index (χ2v) is 3.70. The molecule has 0 unspecified atom stereocenters. The van der Waals surface area contributed by atoms with Crippen molar-refractivity contribution in [3.05, 3.63) is 36.0 Å². The van der Waals surface area contributed by atoms with E-state index >= 15 is 0 Å². The summed E-state index contributed by atoms with van der Waals surface area (Å²) in [5, 5.41) is 11.0. The van der Waals surface area contributed by atoms with Gasteiger partial charge in [0.2, 0.25) is 5.88 Å². The molecule has 2 aromatic rings. The van der Waals surface area contributed by atoms with Crippen LogP contribution in [0.2, 0.25) is 0 Å². The first-order chi connectivity index (χ1) is 7.85. The van der Waals surface area contributed by atoms with Gasteiger partial charge in [-0.15, -0.1) is 0 Å². The van der Waals surface area contributed by atoms with Crippen molar-refractivity contribution in [1.29, 1.82) is 0 Å². The predicted octanol–water partition coefficient (Wildman–Crippen LogP) is 2.17. The number of ether oxygens (including phenoxy) is 1. The van der Waals surface area contributed by atoms with E-state index in [1.807, 2.05) is 6.07 Å². The Labute approximate surface area is 94.7 Å². The molecule has 3 nitrogen and oxygen atoms in total. The fraction of sp³-hybridized carbons (Fsp3) is 0.308. The normalized spacial score (nSPS) is 10.6. The minimum Gasteiger partial charge on any atom is -0.481 e. The Hall–Kier alpha value is -1.61. The maximum atomic E-state index is 8.80. The van der Waals surface area contributed by atoms with Crippen LogP contribution >= 0.6 is 0 Å². The first-order valence-corrected chi connectivity index (χ1v) is 5.37. The quantitative estimate of drug-likeness (QED) is 0.853. The third-order valence-corrected chi connectivity index (χ3v) is 2.61. The lowest BCUT2D eigenvalue weighted by Crippen LogP contribution is -1.92. The first-order valence-electron chi connectivity index (χ1n) is 5.37. The summed E-state index contributed by atoms with van der Waals surface area (Å²) in [6.45, 7) is 0.224. The summed E-state index contributed by atoms with van der Waals surface area (Å²) in [7, 11) is 1.63. The molecule has 0 saturated heterocycles. The van der Waals surface area contributed by atoms with Crippen molar-refractivity contribution in [3.63, 3.8) is 0 Å². The number of aryl methyl sites for hydroxylation is 1. The summed E-state index contributed by atoms with van der Waals surface area (Å²) < 4.78 is 5.23. The molecule has 1 aromatic carbocycles. The molecule has 3 heteroatoms. The number of aliphatic hydroxyl groups is 1. The summed E-state index contributed by atoms with van der Waals surface area (Å²) in [6.07, 6.45) is 3.41. The Balaban J connectivity index is 2.42. The molecule has 0 aliphatic rings. The van der Waals surface area contributed by atoms with Gasteiger partial charge in [0, 0.05) is 18.2 Å². The second-order valence-electron chi connectivity index (χ2n) is 3.70. The SMILES string of the molecule is COc1nccc2ccc(CCCO)cc12. The van der Waals surface area contributed by atoms with E-state index in [0.717, 1.165) is 23.6 Å². The zero-order valence-electron chi connectivity index (χ0n) is 9.31. The minimum atomic E-state index is 0.224. The molecule has 1 N–H and O–H groups in total. The number of aromatic nitrogens is 1. The fourth-order valence-electron chi connectivity index (χ4n) is 1.79. The van der Waals surface area contributed by atoms with Crippen LogP contribution in [0.4, 0.5) is 0 Å². The van der Waals surface area contributed by atoms with Crippen LogP contribution in [-0.2, 0) is 6.42 Å². The van der Waals surface area contributed by atoms with Gasteiger partial charge in [0.15, 0.2) is 0 Å². The third kappa shape index (κ3) is 2.14. The van der Waals surface area contributed by atoms with E-state index < -0.39 is 0 Å². The monoisotopic (exact) mass is 217 g/mol. The maximum Gasteiger partial charge on any atom is 0.221 e. The smallest absolute Gasteiger partial charge is 0.221 e.